The highest BCUT2D eigenvalue weighted by molar-refractivity contribution is 6.14. The Labute approximate surface area is 319 Å². The SMILES string of the molecule is CC1CC=Cc2c1c1cccc(-c3cc(-c4cccc5ccncc45)cc(-c4cccc5c6ccccc6n(-c6ccccc6)c45)n3)c1n2-c1ccccc1. The third kappa shape index (κ3) is 4.92. The van der Waals surface area contributed by atoms with Gasteiger partial charge in [0.1, 0.15) is 0 Å². The number of rotatable bonds is 5. The first-order valence-electron chi connectivity index (χ1n) is 19.1. The molecule has 6 aromatic carbocycles. The molecule has 0 N–H and O–H groups in total. The van der Waals surface area contributed by atoms with Crippen LogP contribution in [0.25, 0.3) is 94.6 Å². The average Bonchev–Trinajstić information content (AvgIpc) is 3.78. The van der Waals surface area contributed by atoms with Crippen molar-refractivity contribution in [3.63, 3.8) is 0 Å². The molecule has 1 aliphatic rings. The Kier molecular flexibility index (Phi) is 7.17. The summed E-state index contributed by atoms with van der Waals surface area (Å²) in [5, 5.41) is 5.98. The highest BCUT2D eigenvalue weighted by atomic mass is 15.0. The van der Waals surface area contributed by atoms with Crippen molar-refractivity contribution in [2.24, 2.45) is 0 Å². The second-order valence-corrected chi connectivity index (χ2v) is 14.6. The van der Waals surface area contributed by atoms with E-state index in [1.165, 1.54) is 38.4 Å². The van der Waals surface area contributed by atoms with E-state index in [9.17, 15) is 0 Å². The smallest absolute Gasteiger partial charge is 0.0737 e. The summed E-state index contributed by atoms with van der Waals surface area (Å²) in [7, 11) is 0. The van der Waals surface area contributed by atoms with Crippen LogP contribution in [0.4, 0.5) is 0 Å². The van der Waals surface area contributed by atoms with Gasteiger partial charge in [-0.2, -0.15) is 0 Å². The van der Waals surface area contributed by atoms with E-state index in [0.717, 1.165) is 67.7 Å². The number of allylic oxidation sites excluding steroid dienone is 1. The number of benzene rings is 6. The van der Waals surface area contributed by atoms with E-state index in [4.69, 9.17) is 4.98 Å². The Morgan fingerprint density at radius 2 is 1.16 bits per heavy atom. The maximum Gasteiger partial charge on any atom is 0.0737 e. The Morgan fingerprint density at radius 1 is 0.545 bits per heavy atom. The van der Waals surface area contributed by atoms with E-state index in [-0.39, 0.29) is 0 Å². The Balaban J connectivity index is 1.26. The predicted molar refractivity (Wildman–Crippen MR) is 229 cm³/mol. The van der Waals surface area contributed by atoms with E-state index in [1.54, 1.807) is 0 Å². The number of pyridine rings is 2. The van der Waals surface area contributed by atoms with Gasteiger partial charge in [-0.1, -0.05) is 122 Å². The van der Waals surface area contributed by atoms with Gasteiger partial charge in [-0.3, -0.25) is 4.98 Å². The normalized spacial score (nSPS) is 13.9. The fourth-order valence-electron chi connectivity index (χ4n) is 9.01. The van der Waals surface area contributed by atoms with E-state index in [0.29, 0.717) is 5.92 Å². The van der Waals surface area contributed by atoms with Crippen molar-refractivity contribution in [1.82, 2.24) is 19.1 Å². The van der Waals surface area contributed by atoms with Crippen molar-refractivity contribution in [2.75, 3.05) is 0 Å². The lowest BCUT2D eigenvalue weighted by Gasteiger charge is -2.17. The highest BCUT2D eigenvalue weighted by Gasteiger charge is 2.26. The minimum absolute atomic E-state index is 0.401. The molecule has 0 spiro atoms. The zero-order chi connectivity index (χ0) is 36.5. The first-order chi connectivity index (χ1) is 27.2. The van der Waals surface area contributed by atoms with Gasteiger partial charge in [0, 0.05) is 56.4 Å². The monoisotopic (exact) mass is 704 g/mol. The van der Waals surface area contributed by atoms with Crippen molar-refractivity contribution in [1.29, 1.82) is 0 Å². The summed E-state index contributed by atoms with van der Waals surface area (Å²) < 4.78 is 4.86. The van der Waals surface area contributed by atoms with Gasteiger partial charge in [0.25, 0.3) is 0 Å². The first kappa shape index (κ1) is 31.5. The maximum atomic E-state index is 5.68. The number of fused-ring (bicyclic) bond motifs is 7. The fraction of sp³-hybridized carbons (Fsp3) is 0.0588. The van der Waals surface area contributed by atoms with Crippen LogP contribution in [-0.2, 0) is 0 Å². The molecule has 4 aromatic heterocycles. The summed E-state index contributed by atoms with van der Waals surface area (Å²) in [6, 6.07) is 56.8. The Hall–Kier alpha value is -7.04. The molecule has 1 unspecified atom stereocenters. The Bertz CT molecular complexity index is 3130. The van der Waals surface area contributed by atoms with Gasteiger partial charge in [0.05, 0.1) is 33.6 Å². The lowest BCUT2D eigenvalue weighted by molar-refractivity contribution is 0.773. The number of hydrogen-bond acceptors (Lipinski definition) is 2. The second-order valence-electron chi connectivity index (χ2n) is 14.6. The molecule has 0 radical (unpaired) electrons. The van der Waals surface area contributed by atoms with Gasteiger partial charge in [0.2, 0.25) is 0 Å². The van der Waals surface area contributed by atoms with Crippen LogP contribution in [-0.4, -0.2) is 19.1 Å². The molecular formula is C51H36N4. The van der Waals surface area contributed by atoms with Gasteiger partial charge in [-0.05, 0) is 89.0 Å². The van der Waals surface area contributed by atoms with Crippen LogP contribution in [0.1, 0.15) is 30.5 Å². The maximum absolute atomic E-state index is 5.68. The van der Waals surface area contributed by atoms with Crippen molar-refractivity contribution in [2.45, 2.75) is 19.3 Å². The molecular weight excluding hydrogens is 669 g/mol. The molecule has 260 valence electrons. The second kappa shape index (κ2) is 12.5. The minimum atomic E-state index is 0.401. The molecule has 11 rings (SSSR count). The molecule has 1 atom stereocenters. The van der Waals surface area contributed by atoms with Crippen LogP contribution >= 0.6 is 0 Å². The fourth-order valence-corrected chi connectivity index (χ4v) is 9.01. The first-order valence-corrected chi connectivity index (χ1v) is 19.1. The molecule has 4 heteroatoms. The summed E-state index contributed by atoms with van der Waals surface area (Å²) in [5.74, 6) is 0.401. The quantitative estimate of drug-likeness (QED) is 0.179. The minimum Gasteiger partial charge on any atom is -0.309 e. The van der Waals surface area contributed by atoms with Crippen LogP contribution in [0.2, 0.25) is 0 Å². The highest BCUT2D eigenvalue weighted by Crippen LogP contribution is 2.45. The van der Waals surface area contributed by atoms with Crippen molar-refractivity contribution < 1.29 is 0 Å². The van der Waals surface area contributed by atoms with Crippen LogP contribution in [0, 0.1) is 0 Å². The molecule has 0 saturated carbocycles. The molecule has 4 nitrogen and oxygen atoms in total. The summed E-state index contributed by atoms with van der Waals surface area (Å²) in [4.78, 5) is 10.3. The summed E-state index contributed by atoms with van der Waals surface area (Å²) in [6.45, 7) is 2.35. The standard InChI is InChI=1S/C51H36N4/c1-33-14-10-27-48-49(33)43-25-13-24-42(51(43)55(48)37-18-6-3-7-19-37)46-31-35(38-21-11-15-34-28-29-52-32-44(34)38)30-45(53-46)41-23-12-22-40-39-20-8-9-26-47(39)54(50(40)41)36-16-4-2-5-17-36/h2-13,15-33H,14H2,1H3. The van der Waals surface area contributed by atoms with Crippen LogP contribution < -0.4 is 0 Å². The van der Waals surface area contributed by atoms with E-state index >= 15 is 0 Å². The topological polar surface area (TPSA) is 35.6 Å². The van der Waals surface area contributed by atoms with Gasteiger partial charge >= 0.3 is 0 Å². The molecule has 0 saturated heterocycles. The molecule has 0 bridgehead atoms. The molecule has 0 aliphatic heterocycles. The van der Waals surface area contributed by atoms with Gasteiger partial charge < -0.3 is 9.13 Å². The molecule has 4 heterocycles. The number of hydrogen-bond donors (Lipinski definition) is 0. The largest absolute Gasteiger partial charge is 0.309 e. The van der Waals surface area contributed by atoms with Crippen LogP contribution in [0.15, 0.2) is 176 Å². The Morgan fingerprint density at radius 3 is 1.93 bits per heavy atom. The number of nitrogens with zero attached hydrogens (tertiary/aromatic N) is 4. The lowest BCUT2D eigenvalue weighted by atomic mass is 9.90. The zero-order valence-electron chi connectivity index (χ0n) is 30.4. The molecule has 10 aromatic rings. The molecule has 1 aliphatic carbocycles. The van der Waals surface area contributed by atoms with Gasteiger partial charge in [-0.15, -0.1) is 0 Å². The average molecular weight is 705 g/mol. The summed E-state index contributed by atoms with van der Waals surface area (Å²) >= 11 is 0. The third-order valence-electron chi connectivity index (χ3n) is 11.4. The number of para-hydroxylation sites is 5. The predicted octanol–water partition coefficient (Wildman–Crippen LogP) is 13.2. The van der Waals surface area contributed by atoms with E-state index < -0.39 is 0 Å². The zero-order valence-corrected chi connectivity index (χ0v) is 30.4. The van der Waals surface area contributed by atoms with E-state index in [2.05, 4.69) is 191 Å². The van der Waals surface area contributed by atoms with Crippen LogP contribution in [0.3, 0.4) is 0 Å². The molecule has 0 fully saturated rings. The van der Waals surface area contributed by atoms with Gasteiger partial charge in [0.15, 0.2) is 0 Å². The lowest BCUT2D eigenvalue weighted by Crippen LogP contribution is -2.03. The third-order valence-corrected chi connectivity index (χ3v) is 11.4. The van der Waals surface area contributed by atoms with Crippen molar-refractivity contribution >= 4 is 49.6 Å². The number of aromatic nitrogens is 4. The van der Waals surface area contributed by atoms with Crippen LogP contribution in [0.5, 0.6) is 0 Å². The summed E-state index contributed by atoms with van der Waals surface area (Å²) in [5.41, 5.74) is 14.7. The van der Waals surface area contributed by atoms with E-state index in [1.807, 2.05) is 12.4 Å². The van der Waals surface area contributed by atoms with Crippen molar-refractivity contribution in [3.05, 3.63) is 187 Å². The summed E-state index contributed by atoms with van der Waals surface area (Å²) in [6.07, 6.45) is 9.52. The van der Waals surface area contributed by atoms with Gasteiger partial charge in [-0.25, -0.2) is 4.98 Å². The molecule has 0 amide bonds. The molecule has 55 heavy (non-hydrogen) atoms. The van der Waals surface area contributed by atoms with Crippen molar-refractivity contribution in [3.8, 4) is 45.0 Å².